The number of unbranched alkanes of at least 4 members (excludes halogenated alkanes) is 1. The molecular formula is C24H33ClN2O5S. The van der Waals surface area contributed by atoms with Crippen LogP contribution in [0.5, 0.6) is 11.5 Å². The molecule has 9 heteroatoms. The molecule has 2 aromatic rings. The first-order valence-corrected chi connectivity index (χ1v) is 12.7. The third-order valence-corrected chi connectivity index (χ3v) is 7.64. The lowest BCUT2D eigenvalue weighted by Gasteiger charge is -2.36. The molecule has 0 bridgehead atoms. The Bertz CT molecular complexity index is 972. The number of fused-ring (bicyclic) bond motifs is 2. The monoisotopic (exact) mass is 496 g/mol. The van der Waals surface area contributed by atoms with Crippen LogP contribution in [0, 0.1) is 0 Å². The molecule has 0 aliphatic carbocycles. The molecule has 7 nitrogen and oxygen atoms in total. The molecule has 2 aromatic carbocycles. The van der Waals surface area contributed by atoms with Crippen LogP contribution >= 0.6 is 23.2 Å². The number of hydrogen-bond donors (Lipinski definition) is 3. The standard InChI is InChI=1S/C24H32N2O5S.ClH/c1-17(2)30-21-10-7-8-18-12-13-19(31-23(18)21)16-25-14-5-6-15-26-24(27)20-9-3-4-11-22(20)32(26,28)29;/h3-4,7-11,17,19,25,28-29H,5-6,12-16H2,1-2H3;1H. The maximum absolute atomic E-state index is 12.5. The van der Waals surface area contributed by atoms with Gasteiger partial charge >= 0.3 is 0 Å². The van der Waals surface area contributed by atoms with Crippen LogP contribution in [0.15, 0.2) is 47.4 Å². The molecule has 0 fully saturated rings. The minimum absolute atomic E-state index is 0. The van der Waals surface area contributed by atoms with Crippen molar-refractivity contribution < 1.29 is 23.4 Å². The Labute approximate surface area is 203 Å². The van der Waals surface area contributed by atoms with Gasteiger partial charge in [0.2, 0.25) is 0 Å². The van der Waals surface area contributed by atoms with Crippen LogP contribution in [-0.4, -0.2) is 51.2 Å². The molecule has 0 saturated heterocycles. The fourth-order valence-electron chi connectivity index (χ4n) is 4.17. The average molecular weight is 497 g/mol. The Morgan fingerprint density at radius 2 is 1.97 bits per heavy atom. The summed E-state index contributed by atoms with van der Waals surface area (Å²) in [6, 6.07) is 12.8. The van der Waals surface area contributed by atoms with E-state index in [0.717, 1.165) is 43.9 Å². The normalized spacial score (nSPS) is 19.4. The number of halogens is 1. The van der Waals surface area contributed by atoms with Gasteiger partial charge in [0.15, 0.2) is 11.5 Å². The highest BCUT2D eigenvalue weighted by Crippen LogP contribution is 2.58. The van der Waals surface area contributed by atoms with E-state index in [9.17, 15) is 13.9 Å². The van der Waals surface area contributed by atoms with Crippen LogP contribution in [-0.2, 0) is 6.42 Å². The number of ether oxygens (including phenoxy) is 2. The van der Waals surface area contributed by atoms with Crippen molar-refractivity contribution in [2.45, 2.75) is 56.6 Å². The SMILES string of the molecule is CC(C)Oc1cccc2c1OC(CNCCCCN1C(=O)c3ccccc3S1(O)O)CC2.Cl. The summed E-state index contributed by atoms with van der Waals surface area (Å²) in [5, 5.41) is 3.43. The fourth-order valence-corrected chi connectivity index (χ4v) is 5.83. The van der Waals surface area contributed by atoms with Crippen LogP contribution in [0.3, 0.4) is 0 Å². The molecule has 0 spiro atoms. The topological polar surface area (TPSA) is 91.3 Å². The third-order valence-electron chi connectivity index (χ3n) is 5.73. The number of carbonyl (C=O) groups is 1. The van der Waals surface area contributed by atoms with E-state index in [1.54, 1.807) is 24.3 Å². The molecule has 182 valence electrons. The first-order valence-electron chi connectivity index (χ1n) is 11.2. The molecule has 0 radical (unpaired) electrons. The average Bonchev–Trinajstić information content (AvgIpc) is 2.96. The Hall–Kier alpha value is -1.97. The highest BCUT2D eigenvalue weighted by molar-refractivity contribution is 8.23. The Morgan fingerprint density at radius 1 is 1.18 bits per heavy atom. The smallest absolute Gasteiger partial charge is 0.274 e. The molecule has 1 unspecified atom stereocenters. The van der Waals surface area contributed by atoms with Crippen molar-refractivity contribution in [3.05, 3.63) is 53.6 Å². The van der Waals surface area contributed by atoms with Gasteiger partial charge in [-0.1, -0.05) is 35.0 Å². The van der Waals surface area contributed by atoms with Gasteiger partial charge in [0.05, 0.1) is 16.6 Å². The molecule has 1 amide bonds. The summed E-state index contributed by atoms with van der Waals surface area (Å²) in [7, 11) is -3.22. The van der Waals surface area contributed by atoms with Crippen LogP contribution in [0.4, 0.5) is 0 Å². The van der Waals surface area contributed by atoms with E-state index in [2.05, 4.69) is 11.4 Å². The Kier molecular flexibility index (Phi) is 8.53. The summed E-state index contributed by atoms with van der Waals surface area (Å²) < 4.78 is 34.4. The second-order valence-electron chi connectivity index (χ2n) is 8.52. The highest BCUT2D eigenvalue weighted by Gasteiger charge is 2.40. The van der Waals surface area contributed by atoms with Crippen molar-refractivity contribution in [1.29, 1.82) is 0 Å². The number of benzene rings is 2. The van der Waals surface area contributed by atoms with E-state index < -0.39 is 10.8 Å². The van der Waals surface area contributed by atoms with Gasteiger partial charge in [-0.05, 0) is 69.8 Å². The van der Waals surface area contributed by atoms with Crippen molar-refractivity contribution in [3.63, 3.8) is 0 Å². The van der Waals surface area contributed by atoms with Crippen LogP contribution in [0.2, 0.25) is 0 Å². The number of para-hydroxylation sites is 1. The van der Waals surface area contributed by atoms with E-state index in [1.165, 1.54) is 9.87 Å². The van der Waals surface area contributed by atoms with E-state index in [1.807, 2.05) is 26.0 Å². The van der Waals surface area contributed by atoms with Gasteiger partial charge in [0.1, 0.15) is 6.10 Å². The maximum Gasteiger partial charge on any atom is 0.274 e. The van der Waals surface area contributed by atoms with E-state index in [-0.39, 0.29) is 30.5 Å². The van der Waals surface area contributed by atoms with Gasteiger partial charge in [-0.15, -0.1) is 12.4 Å². The Balaban J connectivity index is 0.00000306. The van der Waals surface area contributed by atoms with Crippen molar-refractivity contribution in [3.8, 4) is 11.5 Å². The number of rotatable bonds is 9. The minimum atomic E-state index is -3.22. The zero-order chi connectivity index (χ0) is 22.7. The van der Waals surface area contributed by atoms with Gasteiger partial charge in [-0.25, -0.2) is 4.31 Å². The predicted octanol–water partition coefficient (Wildman–Crippen LogP) is 5.14. The quantitative estimate of drug-likeness (QED) is 0.416. The lowest BCUT2D eigenvalue weighted by atomic mass is 10.0. The molecule has 3 N–H and O–H groups in total. The van der Waals surface area contributed by atoms with E-state index in [0.29, 0.717) is 23.4 Å². The second kappa shape index (κ2) is 11.0. The molecule has 4 rings (SSSR count). The van der Waals surface area contributed by atoms with Crippen molar-refractivity contribution in [2.75, 3.05) is 19.6 Å². The maximum atomic E-state index is 12.5. The number of carbonyl (C=O) groups excluding carboxylic acids is 1. The van der Waals surface area contributed by atoms with Crippen molar-refractivity contribution >= 4 is 29.1 Å². The number of nitrogens with zero attached hydrogens (tertiary/aromatic N) is 1. The lowest BCUT2D eigenvalue weighted by Crippen LogP contribution is -2.35. The zero-order valence-corrected chi connectivity index (χ0v) is 20.7. The van der Waals surface area contributed by atoms with E-state index in [4.69, 9.17) is 9.47 Å². The largest absolute Gasteiger partial charge is 0.487 e. The molecule has 2 aliphatic rings. The van der Waals surface area contributed by atoms with Gasteiger partial charge in [0.25, 0.3) is 5.91 Å². The van der Waals surface area contributed by atoms with Crippen LogP contribution in [0.25, 0.3) is 0 Å². The second-order valence-corrected chi connectivity index (χ2v) is 10.4. The summed E-state index contributed by atoms with van der Waals surface area (Å²) >= 11 is 0. The van der Waals surface area contributed by atoms with Crippen molar-refractivity contribution in [2.24, 2.45) is 0 Å². The molecule has 0 saturated carbocycles. The van der Waals surface area contributed by atoms with E-state index >= 15 is 0 Å². The molecular weight excluding hydrogens is 464 g/mol. The first kappa shape index (κ1) is 25.6. The van der Waals surface area contributed by atoms with Gasteiger partial charge in [-0.2, -0.15) is 0 Å². The van der Waals surface area contributed by atoms with Gasteiger partial charge < -0.3 is 14.8 Å². The summed E-state index contributed by atoms with van der Waals surface area (Å²) in [6.07, 6.45) is 3.60. The lowest BCUT2D eigenvalue weighted by molar-refractivity contribution is 0.0861. The number of hydrogen-bond acceptors (Lipinski definition) is 6. The molecule has 1 atom stereocenters. The number of aryl methyl sites for hydroxylation is 1. The molecule has 0 aromatic heterocycles. The Morgan fingerprint density at radius 3 is 2.73 bits per heavy atom. The third kappa shape index (κ3) is 5.58. The summed E-state index contributed by atoms with van der Waals surface area (Å²) in [5.74, 6) is 1.36. The molecule has 2 aliphatic heterocycles. The summed E-state index contributed by atoms with van der Waals surface area (Å²) in [5.41, 5.74) is 1.58. The fraction of sp³-hybridized carbons (Fsp3) is 0.458. The van der Waals surface area contributed by atoms with Crippen LogP contribution in [0.1, 0.15) is 49.0 Å². The van der Waals surface area contributed by atoms with Crippen molar-refractivity contribution in [1.82, 2.24) is 9.62 Å². The zero-order valence-electron chi connectivity index (χ0n) is 19.0. The minimum Gasteiger partial charge on any atom is -0.487 e. The predicted molar refractivity (Wildman–Crippen MR) is 133 cm³/mol. The summed E-state index contributed by atoms with van der Waals surface area (Å²) in [4.78, 5) is 12.9. The number of nitrogens with one attached hydrogen (secondary N) is 1. The summed E-state index contributed by atoms with van der Waals surface area (Å²) in [6.45, 7) is 5.84. The van der Waals surface area contributed by atoms with Gasteiger partial charge in [-0.3, -0.25) is 13.9 Å². The first-order chi connectivity index (χ1) is 15.4. The van der Waals surface area contributed by atoms with Crippen LogP contribution < -0.4 is 14.8 Å². The molecule has 33 heavy (non-hydrogen) atoms. The van der Waals surface area contributed by atoms with Gasteiger partial charge in [0, 0.05) is 13.1 Å². The highest BCUT2D eigenvalue weighted by atomic mass is 35.5. The number of amides is 1. The molecule has 2 heterocycles.